The molecule has 0 aromatic heterocycles. The Morgan fingerprint density at radius 3 is 2.25 bits per heavy atom. The molecular weight excluding hydrogens is 325 g/mol. The van der Waals surface area contributed by atoms with E-state index in [9.17, 15) is 27.9 Å². The van der Waals surface area contributed by atoms with Crippen LogP contribution in [0.15, 0.2) is 12.1 Å². The summed E-state index contributed by atoms with van der Waals surface area (Å²) in [5.41, 5.74) is -0.376. The highest BCUT2D eigenvalue weighted by atomic mass is 19.2. The number of rotatable bonds is 4. The van der Waals surface area contributed by atoms with Crippen LogP contribution in [0.3, 0.4) is 0 Å². The Kier molecular flexibility index (Phi) is 6.19. The Morgan fingerprint density at radius 1 is 1.08 bits per heavy atom. The van der Waals surface area contributed by atoms with Crippen molar-refractivity contribution in [3.8, 4) is 0 Å². The van der Waals surface area contributed by atoms with E-state index in [2.05, 4.69) is 5.32 Å². The summed E-state index contributed by atoms with van der Waals surface area (Å²) in [5.74, 6) is -6.72. The number of nitrogens with one attached hydrogen (secondary N) is 2. The second kappa shape index (κ2) is 8.14. The normalized spacial score (nSPS) is 16.5. The Balaban J connectivity index is 1.85. The molecule has 1 aromatic rings. The van der Waals surface area contributed by atoms with Gasteiger partial charge in [0.15, 0.2) is 17.5 Å². The number of carbonyl (C=O) groups is 2. The Hall–Kier alpha value is -2.09. The van der Waals surface area contributed by atoms with Gasteiger partial charge in [-0.2, -0.15) is 0 Å². The standard InChI is InChI=1S/C16H19F3N2O3/c17-11-6-10(7-12(18)14(11)19)21-16(24)15(23)20-8-13(22)9-4-2-1-3-5-9/h6-7,9,13,22H,1-5,8H2,(H,20,23)(H,21,24). The van der Waals surface area contributed by atoms with Crippen LogP contribution >= 0.6 is 0 Å². The molecule has 24 heavy (non-hydrogen) atoms. The zero-order valence-corrected chi connectivity index (χ0v) is 12.9. The van der Waals surface area contributed by atoms with E-state index in [1.54, 1.807) is 0 Å². The molecule has 0 heterocycles. The third-order valence-electron chi connectivity index (χ3n) is 4.11. The lowest BCUT2D eigenvalue weighted by atomic mass is 9.85. The van der Waals surface area contributed by atoms with Crippen LogP contribution in [-0.4, -0.2) is 29.6 Å². The quantitative estimate of drug-likeness (QED) is 0.578. The SMILES string of the molecule is O=C(NCC(O)C1CCCCC1)C(=O)Nc1cc(F)c(F)c(F)c1. The molecule has 1 fully saturated rings. The summed E-state index contributed by atoms with van der Waals surface area (Å²) in [4.78, 5) is 23.3. The topological polar surface area (TPSA) is 78.4 Å². The lowest BCUT2D eigenvalue weighted by Crippen LogP contribution is -2.42. The van der Waals surface area contributed by atoms with Crippen molar-refractivity contribution in [2.75, 3.05) is 11.9 Å². The highest BCUT2D eigenvalue weighted by molar-refractivity contribution is 6.39. The third-order valence-corrected chi connectivity index (χ3v) is 4.11. The fourth-order valence-corrected chi connectivity index (χ4v) is 2.78. The number of amides is 2. The number of aliphatic hydroxyl groups excluding tert-OH is 1. The van der Waals surface area contributed by atoms with Crippen LogP contribution in [0, 0.1) is 23.4 Å². The maximum atomic E-state index is 13.1. The summed E-state index contributed by atoms with van der Waals surface area (Å²) in [6.07, 6.45) is 4.18. The Morgan fingerprint density at radius 2 is 1.67 bits per heavy atom. The van der Waals surface area contributed by atoms with Crippen LogP contribution in [-0.2, 0) is 9.59 Å². The summed E-state index contributed by atoms with van der Waals surface area (Å²) < 4.78 is 38.9. The van der Waals surface area contributed by atoms with Gasteiger partial charge in [0, 0.05) is 24.4 Å². The lowest BCUT2D eigenvalue weighted by molar-refractivity contribution is -0.136. The molecule has 1 aliphatic rings. The van der Waals surface area contributed by atoms with Crippen LogP contribution < -0.4 is 10.6 Å². The molecule has 0 spiro atoms. The van der Waals surface area contributed by atoms with Crippen molar-refractivity contribution < 1.29 is 27.9 Å². The predicted molar refractivity (Wildman–Crippen MR) is 80.5 cm³/mol. The number of carbonyl (C=O) groups excluding carboxylic acids is 2. The predicted octanol–water partition coefficient (Wildman–Crippen LogP) is 2.10. The van der Waals surface area contributed by atoms with Crippen molar-refractivity contribution in [2.45, 2.75) is 38.2 Å². The molecule has 0 aliphatic heterocycles. The molecule has 2 amide bonds. The van der Waals surface area contributed by atoms with E-state index in [1.165, 1.54) is 0 Å². The highest BCUT2D eigenvalue weighted by Crippen LogP contribution is 2.26. The third kappa shape index (κ3) is 4.70. The Labute approximate surface area is 137 Å². The number of halogens is 3. The van der Waals surface area contributed by atoms with Gasteiger partial charge in [-0.05, 0) is 18.8 Å². The fourth-order valence-electron chi connectivity index (χ4n) is 2.78. The zero-order chi connectivity index (χ0) is 17.7. The van der Waals surface area contributed by atoms with E-state index >= 15 is 0 Å². The second-order valence-corrected chi connectivity index (χ2v) is 5.88. The first kappa shape index (κ1) is 18.3. The number of anilines is 1. The Bertz CT molecular complexity index is 596. The molecule has 0 radical (unpaired) electrons. The maximum absolute atomic E-state index is 13.1. The molecular formula is C16H19F3N2O3. The molecule has 2 rings (SSSR count). The van der Waals surface area contributed by atoms with Crippen LogP contribution in [0.2, 0.25) is 0 Å². The maximum Gasteiger partial charge on any atom is 0.313 e. The smallest absolute Gasteiger partial charge is 0.313 e. The minimum Gasteiger partial charge on any atom is -0.391 e. The summed E-state index contributed by atoms with van der Waals surface area (Å²) in [5, 5.41) is 14.3. The van der Waals surface area contributed by atoms with Gasteiger partial charge >= 0.3 is 11.8 Å². The number of benzene rings is 1. The molecule has 0 saturated heterocycles. The first-order valence-corrected chi connectivity index (χ1v) is 7.80. The molecule has 1 aliphatic carbocycles. The average Bonchev–Trinajstić information content (AvgIpc) is 2.57. The molecule has 1 unspecified atom stereocenters. The summed E-state index contributed by atoms with van der Waals surface area (Å²) in [7, 11) is 0. The van der Waals surface area contributed by atoms with Crippen molar-refractivity contribution in [1.29, 1.82) is 0 Å². The zero-order valence-electron chi connectivity index (χ0n) is 12.9. The van der Waals surface area contributed by atoms with Crippen LogP contribution in [0.4, 0.5) is 18.9 Å². The number of hydrogen-bond donors (Lipinski definition) is 3. The van der Waals surface area contributed by atoms with Crippen molar-refractivity contribution in [3.63, 3.8) is 0 Å². The number of hydrogen-bond acceptors (Lipinski definition) is 3. The van der Waals surface area contributed by atoms with Gasteiger partial charge in [-0.25, -0.2) is 13.2 Å². The molecule has 1 aromatic carbocycles. The minimum absolute atomic E-state index is 0.0803. The van der Waals surface area contributed by atoms with Crippen molar-refractivity contribution in [1.82, 2.24) is 5.32 Å². The molecule has 3 N–H and O–H groups in total. The first-order chi connectivity index (χ1) is 11.4. The lowest BCUT2D eigenvalue weighted by Gasteiger charge is -2.26. The van der Waals surface area contributed by atoms with Gasteiger partial charge in [0.1, 0.15) is 0 Å². The number of aliphatic hydroxyl groups is 1. The van der Waals surface area contributed by atoms with Gasteiger partial charge in [0.2, 0.25) is 0 Å². The molecule has 1 atom stereocenters. The largest absolute Gasteiger partial charge is 0.391 e. The van der Waals surface area contributed by atoms with Gasteiger partial charge in [-0.3, -0.25) is 9.59 Å². The van der Waals surface area contributed by atoms with E-state index in [1.807, 2.05) is 5.32 Å². The molecule has 1 saturated carbocycles. The second-order valence-electron chi connectivity index (χ2n) is 5.88. The van der Waals surface area contributed by atoms with E-state index in [-0.39, 0.29) is 18.2 Å². The van der Waals surface area contributed by atoms with E-state index < -0.39 is 35.4 Å². The van der Waals surface area contributed by atoms with E-state index in [0.29, 0.717) is 12.1 Å². The van der Waals surface area contributed by atoms with Crippen molar-refractivity contribution >= 4 is 17.5 Å². The van der Waals surface area contributed by atoms with Gasteiger partial charge in [-0.15, -0.1) is 0 Å². The van der Waals surface area contributed by atoms with Crippen LogP contribution in [0.5, 0.6) is 0 Å². The first-order valence-electron chi connectivity index (χ1n) is 7.80. The van der Waals surface area contributed by atoms with E-state index in [4.69, 9.17) is 0 Å². The van der Waals surface area contributed by atoms with Crippen molar-refractivity contribution in [2.24, 2.45) is 5.92 Å². The molecule has 0 bridgehead atoms. The van der Waals surface area contributed by atoms with Crippen LogP contribution in [0.25, 0.3) is 0 Å². The van der Waals surface area contributed by atoms with Crippen LogP contribution in [0.1, 0.15) is 32.1 Å². The average molecular weight is 344 g/mol. The highest BCUT2D eigenvalue weighted by Gasteiger charge is 2.23. The summed E-state index contributed by atoms with van der Waals surface area (Å²) in [6, 6.07) is 1.14. The van der Waals surface area contributed by atoms with E-state index in [0.717, 1.165) is 32.1 Å². The van der Waals surface area contributed by atoms with Gasteiger partial charge in [0.05, 0.1) is 6.10 Å². The minimum atomic E-state index is -1.66. The molecule has 5 nitrogen and oxygen atoms in total. The van der Waals surface area contributed by atoms with Gasteiger partial charge in [0.25, 0.3) is 0 Å². The summed E-state index contributed by atoms with van der Waals surface area (Å²) >= 11 is 0. The fraction of sp³-hybridized carbons (Fsp3) is 0.500. The monoisotopic (exact) mass is 344 g/mol. The van der Waals surface area contributed by atoms with Gasteiger partial charge in [-0.1, -0.05) is 19.3 Å². The van der Waals surface area contributed by atoms with Crippen molar-refractivity contribution in [3.05, 3.63) is 29.6 Å². The molecule has 8 heteroatoms. The molecule has 132 valence electrons. The van der Waals surface area contributed by atoms with Gasteiger partial charge < -0.3 is 15.7 Å². The summed E-state index contributed by atoms with van der Waals surface area (Å²) in [6.45, 7) is -0.0803.